The monoisotopic (exact) mass is 457 g/mol. The van der Waals surface area contributed by atoms with Gasteiger partial charge in [-0.15, -0.1) is 0 Å². The van der Waals surface area contributed by atoms with Crippen LogP contribution in [0.25, 0.3) is 0 Å². The number of hydrogen-bond acceptors (Lipinski definition) is 8. The Morgan fingerprint density at radius 2 is 1.94 bits per heavy atom. The number of nitrogens with zero attached hydrogens (tertiary/aromatic N) is 3. The van der Waals surface area contributed by atoms with Gasteiger partial charge in [-0.25, -0.2) is 0 Å². The summed E-state index contributed by atoms with van der Waals surface area (Å²) < 4.78 is 11.2. The van der Waals surface area contributed by atoms with Gasteiger partial charge in [-0.1, -0.05) is 30.3 Å². The van der Waals surface area contributed by atoms with E-state index in [1.54, 1.807) is 0 Å². The van der Waals surface area contributed by atoms with Gasteiger partial charge in [0.15, 0.2) is 6.73 Å². The predicted octanol–water partition coefficient (Wildman–Crippen LogP) is 3.02. The van der Waals surface area contributed by atoms with Gasteiger partial charge in [-0.3, -0.25) is 29.4 Å². The maximum atomic E-state index is 12.7. The Hall–Kier alpha value is -3.44. The van der Waals surface area contributed by atoms with Crippen molar-refractivity contribution < 1.29 is 28.8 Å². The SMILES string of the molecule is O=C1SC(=O)N(Cc2ccccc2)C1OCCCN1COc2ccc([N+](=O)[O-])cc2C1=O. The van der Waals surface area contributed by atoms with Crippen molar-refractivity contribution in [2.75, 3.05) is 19.9 Å². The van der Waals surface area contributed by atoms with E-state index in [0.717, 1.165) is 5.56 Å². The first-order chi connectivity index (χ1) is 15.4. The molecule has 1 fully saturated rings. The van der Waals surface area contributed by atoms with Gasteiger partial charge in [0.1, 0.15) is 5.75 Å². The molecule has 1 saturated heterocycles. The molecular formula is C21H19N3O7S. The van der Waals surface area contributed by atoms with E-state index >= 15 is 0 Å². The zero-order chi connectivity index (χ0) is 22.7. The molecule has 0 bridgehead atoms. The third kappa shape index (κ3) is 4.58. The van der Waals surface area contributed by atoms with Gasteiger partial charge in [0.25, 0.3) is 16.8 Å². The van der Waals surface area contributed by atoms with Crippen LogP contribution in [0.5, 0.6) is 5.75 Å². The van der Waals surface area contributed by atoms with Gasteiger partial charge in [-0.05, 0) is 18.1 Å². The lowest BCUT2D eigenvalue weighted by atomic mass is 10.1. The van der Waals surface area contributed by atoms with E-state index in [2.05, 4.69) is 0 Å². The molecular weight excluding hydrogens is 438 g/mol. The van der Waals surface area contributed by atoms with Crippen LogP contribution in [0.2, 0.25) is 0 Å². The number of carbonyl (C=O) groups excluding carboxylic acids is 3. The lowest BCUT2D eigenvalue weighted by Crippen LogP contribution is -2.40. The van der Waals surface area contributed by atoms with Crippen LogP contribution in [0.15, 0.2) is 48.5 Å². The van der Waals surface area contributed by atoms with Crippen LogP contribution in [-0.2, 0) is 16.1 Å². The number of hydrogen-bond donors (Lipinski definition) is 0. The number of carbonyl (C=O) groups is 3. The average molecular weight is 457 g/mol. The van der Waals surface area contributed by atoms with Crippen LogP contribution in [0.3, 0.4) is 0 Å². The summed E-state index contributed by atoms with van der Waals surface area (Å²) >= 11 is 0.622. The summed E-state index contributed by atoms with van der Waals surface area (Å²) in [4.78, 5) is 50.2. The van der Waals surface area contributed by atoms with E-state index < -0.39 is 11.2 Å². The van der Waals surface area contributed by atoms with E-state index in [1.807, 2.05) is 30.3 Å². The molecule has 166 valence electrons. The average Bonchev–Trinajstić information content (AvgIpc) is 3.05. The summed E-state index contributed by atoms with van der Waals surface area (Å²) in [5, 5.41) is 10.2. The summed E-state index contributed by atoms with van der Waals surface area (Å²) in [7, 11) is 0. The molecule has 0 radical (unpaired) electrons. The number of thioether (sulfide) groups is 1. The van der Waals surface area contributed by atoms with Gasteiger partial charge in [0.2, 0.25) is 11.3 Å². The molecule has 2 heterocycles. The lowest BCUT2D eigenvalue weighted by molar-refractivity contribution is -0.384. The van der Waals surface area contributed by atoms with E-state index in [1.165, 1.54) is 28.0 Å². The molecule has 10 nitrogen and oxygen atoms in total. The second-order valence-corrected chi connectivity index (χ2v) is 8.11. The molecule has 0 aromatic heterocycles. The molecule has 0 N–H and O–H groups in total. The van der Waals surface area contributed by atoms with Crippen molar-refractivity contribution in [1.82, 2.24) is 9.80 Å². The lowest BCUT2D eigenvalue weighted by Gasteiger charge is -2.29. The number of non-ortho nitro benzene ring substituents is 1. The van der Waals surface area contributed by atoms with Crippen molar-refractivity contribution in [2.45, 2.75) is 19.2 Å². The fourth-order valence-corrected chi connectivity index (χ4v) is 4.17. The minimum atomic E-state index is -0.982. The number of nitro groups is 1. The molecule has 2 amide bonds. The summed E-state index contributed by atoms with van der Waals surface area (Å²) in [5.74, 6) is -0.0694. The number of nitro benzene ring substituents is 1. The van der Waals surface area contributed by atoms with Gasteiger partial charge < -0.3 is 14.4 Å². The van der Waals surface area contributed by atoms with E-state index in [-0.39, 0.29) is 53.9 Å². The standard InChI is InChI=1S/C21H19N3O7S/c25-18-16-11-15(24(28)29)7-8-17(16)31-13-22(18)9-4-10-30-19-20(26)32-21(27)23(19)12-14-5-2-1-3-6-14/h1-3,5-8,11,19H,4,9-10,12-13H2. The maximum Gasteiger partial charge on any atom is 0.292 e. The Balaban J connectivity index is 1.32. The smallest absolute Gasteiger partial charge is 0.292 e. The minimum Gasteiger partial charge on any atom is -0.472 e. The summed E-state index contributed by atoms with van der Waals surface area (Å²) in [6.07, 6.45) is -0.592. The second-order valence-electron chi connectivity index (χ2n) is 7.16. The second kappa shape index (κ2) is 9.37. The molecule has 2 aliphatic rings. The minimum absolute atomic E-state index is 0.0144. The normalized spacial score (nSPS) is 18.0. The summed E-state index contributed by atoms with van der Waals surface area (Å²) in [6, 6.07) is 13.2. The van der Waals surface area contributed by atoms with Gasteiger partial charge >= 0.3 is 0 Å². The Labute approximate surface area is 187 Å². The third-order valence-electron chi connectivity index (χ3n) is 5.02. The molecule has 1 unspecified atom stereocenters. The van der Waals surface area contributed by atoms with Gasteiger partial charge in [-0.2, -0.15) is 0 Å². The quantitative estimate of drug-likeness (QED) is 0.337. The van der Waals surface area contributed by atoms with Crippen molar-refractivity contribution in [2.24, 2.45) is 0 Å². The van der Waals surface area contributed by atoms with Crippen LogP contribution < -0.4 is 4.74 Å². The number of rotatable bonds is 8. The zero-order valence-electron chi connectivity index (χ0n) is 16.8. The van der Waals surface area contributed by atoms with E-state index in [0.29, 0.717) is 23.9 Å². The molecule has 2 aliphatic heterocycles. The van der Waals surface area contributed by atoms with Crippen molar-refractivity contribution in [3.05, 3.63) is 69.8 Å². The Bertz CT molecular complexity index is 1060. The van der Waals surface area contributed by atoms with Crippen molar-refractivity contribution in [1.29, 1.82) is 0 Å². The molecule has 0 saturated carbocycles. The van der Waals surface area contributed by atoms with Crippen LogP contribution >= 0.6 is 11.8 Å². The third-order valence-corrected chi connectivity index (χ3v) is 5.83. The first-order valence-corrected chi connectivity index (χ1v) is 10.6. The van der Waals surface area contributed by atoms with Crippen molar-refractivity contribution in [3.8, 4) is 5.75 Å². The van der Waals surface area contributed by atoms with Crippen LogP contribution in [0, 0.1) is 10.1 Å². The van der Waals surface area contributed by atoms with E-state index in [4.69, 9.17) is 9.47 Å². The van der Waals surface area contributed by atoms with Gasteiger partial charge in [0.05, 0.1) is 17.1 Å². The first-order valence-electron chi connectivity index (χ1n) is 9.82. The Morgan fingerprint density at radius 1 is 1.16 bits per heavy atom. The number of fused-ring (bicyclic) bond motifs is 1. The highest BCUT2D eigenvalue weighted by Gasteiger charge is 2.40. The first kappa shape index (κ1) is 21.8. The molecule has 0 aliphatic carbocycles. The number of ether oxygens (including phenoxy) is 2. The molecule has 4 rings (SSSR count). The molecule has 2 aromatic rings. The maximum absolute atomic E-state index is 12.7. The molecule has 2 aromatic carbocycles. The highest BCUT2D eigenvalue weighted by atomic mass is 32.2. The predicted molar refractivity (Wildman–Crippen MR) is 114 cm³/mol. The Morgan fingerprint density at radius 3 is 2.69 bits per heavy atom. The van der Waals surface area contributed by atoms with Crippen molar-refractivity contribution >= 4 is 33.7 Å². The highest BCUT2D eigenvalue weighted by Crippen LogP contribution is 2.30. The number of benzene rings is 2. The molecule has 11 heteroatoms. The van der Waals surface area contributed by atoms with Crippen molar-refractivity contribution in [3.63, 3.8) is 0 Å². The largest absolute Gasteiger partial charge is 0.472 e. The highest BCUT2D eigenvalue weighted by molar-refractivity contribution is 8.26. The van der Waals surface area contributed by atoms with Crippen LogP contribution in [0.1, 0.15) is 22.3 Å². The zero-order valence-corrected chi connectivity index (χ0v) is 17.7. The molecule has 1 atom stereocenters. The fourth-order valence-electron chi connectivity index (χ4n) is 3.42. The number of amides is 2. The Kier molecular flexibility index (Phi) is 6.37. The van der Waals surface area contributed by atoms with Crippen LogP contribution in [0.4, 0.5) is 10.5 Å². The van der Waals surface area contributed by atoms with Gasteiger partial charge in [0, 0.05) is 37.0 Å². The van der Waals surface area contributed by atoms with Crippen LogP contribution in [-0.4, -0.2) is 57.1 Å². The van der Waals surface area contributed by atoms with E-state index in [9.17, 15) is 24.5 Å². The topological polar surface area (TPSA) is 119 Å². The summed E-state index contributed by atoms with van der Waals surface area (Å²) in [6.45, 7) is 0.681. The fraction of sp³-hybridized carbons (Fsp3) is 0.286. The molecule has 0 spiro atoms. The molecule has 32 heavy (non-hydrogen) atoms. The summed E-state index contributed by atoms with van der Waals surface area (Å²) in [5.41, 5.74) is 0.827.